The Bertz CT molecular complexity index is 865. The second-order valence-electron chi connectivity index (χ2n) is 6.05. The molecule has 0 bridgehead atoms. The number of para-hydroxylation sites is 1. The smallest absolute Gasteiger partial charge is 0.203 e. The van der Waals surface area contributed by atoms with Crippen LogP contribution in [0.1, 0.15) is 0 Å². The summed E-state index contributed by atoms with van der Waals surface area (Å²) in [6, 6.07) is 16.1. The Labute approximate surface area is 151 Å². The van der Waals surface area contributed by atoms with Gasteiger partial charge < -0.3 is 4.90 Å². The lowest BCUT2D eigenvalue weighted by Crippen LogP contribution is -2.47. The summed E-state index contributed by atoms with van der Waals surface area (Å²) in [6.07, 6.45) is 3.64. The van der Waals surface area contributed by atoms with Crippen LogP contribution in [-0.4, -0.2) is 50.4 Å². The standard InChI is InChI=1S/C18H20N6S/c25-18-23(16-6-2-1-3-7-16)14-20-24(18)15-21-10-12-22(13-11-21)17-8-4-5-9-19-17/h1-9,14H,10-13,15H2. The lowest BCUT2D eigenvalue weighted by Gasteiger charge is -2.35. The number of hydrogen-bond donors (Lipinski definition) is 0. The van der Waals surface area contributed by atoms with Crippen molar-refractivity contribution in [3.63, 3.8) is 0 Å². The molecule has 0 aliphatic carbocycles. The third-order valence-electron chi connectivity index (χ3n) is 4.45. The van der Waals surface area contributed by atoms with Crippen molar-refractivity contribution >= 4 is 18.0 Å². The predicted octanol–water partition coefficient (Wildman–Crippen LogP) is 2.58. The minimum atomic E-state index is 0.717. The summed E-state index contributed by atoms with van der Waals surface area (Å²) in [6.45, 7) is 4.58. The molecular formula is C18H20N6S. The van der Waals surface area contributed by atoms with Crippen LogP contribution in [0, 0.1) is 4.77 Å². The van der Waals surface area contributed by atoms with Crippen LogP contribution >= 0.6 is 12.2 Å². The summed E-state index contributed by atoms with van der Waals surface area (Å²) in [4.78, 5) is 9.12. The maximum atomic E-state index is 5.59. The third kappa shape index (κ3) is 3.47. The average molecular weight is 352 g/mol. The van der Waals surface area contributed by atoms with Crippen LogP contribution in [0.3, 0.4) is 0 Å². The molecule has 0 amide bonds. The van der Waals surface area contributed by atoms with Crippen LogP contribution in [0.4, 0.5) is 5.82 Å². The van der Waals surface area contributed by atoms with Gasteiger partial charge in [0.25, 0.3) is 0 Å². The summed E-state index contributed by atoms with van der Waals surface area (Å²) < 4.78 is 4.55. The van der Waals surface area contributed by atoms with Crippen molar-refractivity contribution in [2.45, 2.75) is 6.67 Å². The summed E-state index contributed by atoms with van der Waals surface area (Å²) in [5.41, 5.74) is 1.04. The van der Waals surface area contributed by atoms with Crippen molar-refractivity contribution in [3.05, 3.63) is 65.8 Å². The Hall–Kier alpha value is -2.51. The molecule has 1 saturated heterocycles. The van der Waals surface area contributed by atoms with E-state index in [4.69, 9.17) is 12.2 Å². The molecule has 2 aromatic heterocycles. The third-order valence-corrected chi connectivity index (χ3v) is 4.85. The summed E-state index contributed by atoms with van der Waals surface area (Å²) in [5, 5.41) is 4.47. The van der Waals surface area contributed by atoms with Gasteiger partial charge in [-0.05, 0) is 36.5 Å². The summed E-state index contributed by atoms with van der Waals surface area (Å²) in [7, 11) is 0. The molecule has 3 aromatic rings. The molecule has 6 nitrogen and oxygen atoms in total. The van der Waals surface area contributed by atoms with Crippen molar-refractivity contribution in [2.75, 3.05) is 31.1 Å². The average Bonchev–Trinajstić information content (AvgIpc) is 3.04. The number of pyridine rings is 1. The van der Waals surface area contributed by atoms with E-state index < -0.39 is 0 Å². The highest BCUT2D eigenvalue weighted by Gasteiger charge is 2.18. The maximum Gasteiger partial charge on any atom is 0.203 e. The number of rotatable bonds is 4. The normalized spacial score (nSPS) is 15.4. The first-order valence-electron chi connectivity index (χ1n) is 8.39. The Morgan fingerprint density at radius 1 is 0.920 bits per heavy atom. The van der Waals surface area contributed by atoms with E-state index in [0.717, 1.165) is 42.5 Å². The molecule has 0 radical (unpaired) electrons. The second kappa shape index (κ2) is 7.16. The first-order valence-corrected chi connectivity index (χ1v) is 8.80. The number of aromatic nitrogens is 4. The van der Waals surface area contributed by atoms with Crippen LogP contribution in [0.2, 0.25) is 0 Å². The van der Waals surface area contributed by atoms with E-state index >= 15 is 0 Å². The minimum absolute atomic E-state index is 0.717. The highest BCUT2D eigenvalue weighted by molar-refractivity contribution is 7.71. The van der Waals surface area contributed by atoms with Crippen molar-refractivity contribution in [3.8, 4) is 5.69 Å². The first kappa shape index (κ1) is 16.0. The van der Waals surface area contributed by atoms with E-state index in [0.29, 0.717) is 6.67 Å². The van der Waals surface area contributed by atoms with Crippen LogP contribution in [0.15, 0.2) is 61.1 Å². The zero-order valence-electron chi connectivity index (χ0n) is 13.9. The van der Waals surface area contributed by atoms with Crippen molar-refractivity contribution in [1.82, 2.24) is 24.2 Å². The molecule has 0 atom stereocenters. The number of piperazine rings is 1. The minimum Gasteiger partial charge on any atom is -0.354 e. The SMILES string of the molecule is S=c1n(-c2ccccc2)cnn1CN1CCN(c2ccccn2)CC1. The van der Waals surface area contributed by atoms with E-state index in [1.165, 1.54) is 0 Å². The van der Waals surface area contributed by atoms with Crippen LogP contribution in [0.5, 0.6) is 0 Å². The molecule has 1 fully saturated rings. The Balaban J connectivity index is 1.41. The van der Waals surface area contributed by atoms with E-state index in [9.17, 15) is 0 Å². The monoisotopic (exact) mass is 352 g/mol. The van der Waals surface area contributed by atoms with Gasteiger partial charge in [-0.2, -0.15) is 5.10 Å². The molecule has 1 aliphatic heterocycles. The van der Waals surface area contributed by atoms with Crippen molar-refractivity contribution in [1.29, 1.82) is 0 Å². The lowest BCUT2D eigenvalue weighted by atomic mass is 10.3. The van der Waals surface area contributed by atoms with Gasteiger partial charge in [-0.1, -0.05) is 24.3 Å². The van der Waals surface area contributed by atoms with Gasteiger partial charge in [0.15, 0.2) is 0 Å². The zero-order chi connectivity index (χ0) is 17.1. The molecule has 128 valence electrons. The van der Waals surface area contributed by atoms with Gasteiger partial charge in [0, 0.05) is 38.1 Å². The molecule has 4 rings (SSSR count). The number of benzene rings is 1. The summed E-state index contributed by atoms with van der Waals surface area (Å²) in [5.74, 6) is 1.05. The molecule has 1 aromatic carbocycles. The second-order valence-corrected chi connectivity index (χ2v) is 6.42. The summed E-state index contributed by atoms with van der Waals surface area (Å²) >= 11 is 5.59. The van der Waals surface area contributed by atoms with Gasteiger partial charge >= 0.3 is 0 Å². The largest absolute Gasteiger partial charge is 0.354 e. The van der Waals surface area contributed by atoms with Gasteiger partial charge in [0.05, 0.1) is 6.67 Å². The molecule has 0 saturated carbocycles. The molecule has 0 spiro atoms. The maximum absolute atomic E-state index is 5.59. The molecule has 0 unspecified atom stereocenters. The number of nitrogens with zero attached hydrogens (tertiary/aromatic N) is 6. The fraction of sp³-hybridized carbons (Fsp3) is 0.278. The fourth-order valence-electron chi connectivity index (χ4n) is 3.05. The Kier molecular flexibility index (Phi) is 4.58. The van der Waals surface area contributed by atoms with E-state index in [-0.39, 0.29) is 0 Å². The van der Waals surface area contributed by atoms with Gasteiger partial charge in [-0.25, -0.2) is 9.67 Å². The first-order chi connectivity index (χ1) is 12.3. The van der Waals surface area contributed by atoms with E-state index in [2.05, 4.69) is 25.9 Å². The zero-order valence-corrected chi connectivity index (χ0v) is 14.7. The van der Waals surface area contributed by atoms with E-state index in [1.807, 2.05) is 57.9 Å². The molecule has 0 N–H and O–H groups in total. The number of anilines is 1. The number of hydrogen-bond acceptors (Lipinski definition) is 5. The molecule has 7 heteroatoms. The molecule has 3 heterocycles. The van der Waals surface area contributed by atoms with Crippen molar-refractivity contribution < 1.29 is 0 Å². The quantitative estimate of drug-likeness (QED) is 0.675. The van der Waals surface area contributed by atoms with Gasteiger partial charge in [-0.15, -0.1) is 0 Å². The highest BCUT2D eigenvalue weighted by Crippen LogP contribution is 2.13. The fourth-order valence-corrected chi connectivity index (χ4v) is 3.31. The van der Waals surface area contributed by atoms with Crippen LogP contribution in [-0.2, 0) is 6.67 Å². The Morgan fingerprint density at radius 2 is 1.68 bits per heavy atom. The van der Waals surface area contributed by atoms with Gasteiger partial charge in [0.2, 0.25) is 4.77 Å². The topological polar surface area (TPSA) is 42.1 Å². The molecular weight excluding hydrogens is 332 g/mol. The lowest BCUT2D eigenvalue weighted by molar-refractivity contribution is 0.194. The van der Waals surface area contributed by atoms with Crippen molar-refractivity contribution in [2.24, 2.45) is 0 Å². The Morgan fingerprint density at radius 3 is 2.40 bits per heavy atom. The van der Waals surface area contributed by atoms with Crippen LogP contribution < -0.4 is 4.90 Å². The van der Waals surface area contributed by atoms with Gasteiger partial charge in [0.1, 0.15) is 12.1 Å². The van der Waals surface area contributed by atoms with E-state index in [1.54, 1.807) is 6.33 Å². The molecule has 25 heavy (non-hydrogen) atoms. The molecule has 1 aliphatic rings. The van der Waals surface area contributed by atoms with Gasteiger partial charge in [-0.3, -0.25) is 9.47 Å². The van der Waals surface area contributed by atoms with Crippen LogP contribution in [0.25, 0.3) is 5.69 Å². The predicted molar refractivity (Wildman–Crippen MR) is 100 cm³/mol. The highest BCUT2D eigenvalue weighted by atomic mass is 32.1.